The third kappa shape index (κ3) is 6.14. The number of nitrogens with zero attached hydrogens (tertiary/aromatic N) is 4. The molecule has 0 aliphatic heterocycles. The van der Waals surface area contributed by atoms with Gasteiger partial charge in [0.25, 0.3) is 0 Å². The van der Waals surface area contributed by atoms with E-state index in [1.165, 1.54) is 0 Å². The van der Waals surface area contributed by atoms with Crippen LogP contribution in [0.5, 0.6) is 0 Å². The van der Waals surface area contributed by atoms with E-state index in [2.05, 4.69) is 20.6 Å². The van der Waals surface area contributed by atoms with E-state index < -0.39 is 0 Å². The molecule has 0 bridgehead atoms. The van der Waals surface area contributed by atoms with Crippen LogP contribution in [-0.2, 0) is 0 Å². The first-order valence-electron chi connectivity index (χ1n) is 2.20. The van der Waals surface area contributed by atoms with Crippen LogP contribution >= 0.6 is 0 Å². The lowest BCUT2D eigenvalue weighted by molar-refractivity contribution is 0.945. The number of nitrogens with two attached hydrogens (primary N) is 4. The van der Waals surface area contributed by atoms with Crippen molar-refractivity contribution < 1.29 is 0 Å². The maximum atomic E-state index is 4.87. The maximum absolute atomic E-state index is 4.87. The highest BCUT2D eigenvalue weighted by Crippen LogP contribution is 1.75. The summed E-state index contributed by atoms with van der Waals surface area (Å²) in [4.78, 5) is 0. The van der Waals surface area contributed by atoms with Gasteiger partial charge >= 0.3 is 0 Å². The van der Waals surface area contributed by atoms with Gasteiger partial charge < -0.3 is 22.9 Å². The first kappa shape index (κ1) is 8.14. The van der Waals surface area contributed by atoms with Crippen LogP contribution in [0.2, 0.25) is 0 Å². The van der Waals surface area contributed by atoms with Crippen molar-refractivity contribution >= 4 is 11.9 Å². The Morgan fingerprint density at radius 1 is 0.700 bits per heavy atom. The summed E-state index contributed by atoms with van der Waals surface area (Å²) in [7, 11) is 0. The summed E-state index contributed by atoms with van der Waals surface area (Å²) in [6, 6.07) is 0. The molecule has 0 unspecified atom stereocenters. The quantitative estimate of drug-likeness (QED) is 0.150. The molecule has 0 saturated heterocycles. The second-order valence-electron chi connectivity index (χ2n) is 1.23. The standard InChI is InChI=1S/C2H8N8/c3-1(4)7-9-10-8-2(5)6/h(H4,3,4,7,10)(H4,5,6,8,9). The molecule has 10 heavy (non-hydrogen) atoms. The fraction of sp³-hybridized carbons (Fsp3) is 0. The Hall–Kier alpha value is -1.86. The third-order valence-corrected chi connectivity index (χ3v) is 0.360. The van der Waals surface area contributed by atoms with Crippen molar-refractivity contribution in [3.8, 4) is 0 Å². The van der Waals surface area contributed by atoms with Crippen molar-refractivity contribution in [2.75, 3.05) is 0 Å². The van der Waals surface area contributed by atoms with Crippen molar-refractivity contribution in [2.24, 2.45) is 43.6 Å². The lowest BCUT2D eigenvalue weighted by atomic mass is 11.1. The predicted octanol–water partition coefficient (Wildman–Crippen LogP) is -2.18. The van der Waals surface area contributed by atoms with Gasteiger partial charge in [0, 0.05) is 0 Å². The maximum Gasteiger partial charge on any atom is 0.213 e. The van der Waals surface area contributed by atoms with Gasteiger partial charge in [0.2, 0.25) is 11.9 Å². The largest absolute Gasteiger partial charge is 0.368 e. The smallest absolute Gasteiger partial charge is 0.213 e. The number of rotatable bonds is 2. The summed E-state index contributed by atoms with van der Waals surface area (Å²) < 4.78 is 0. The molecule has 8 nitrogen and oxygen atoms in total. The summed E-state index contributed by atoms with van der Waals surface area (Å²) in [6.45, 7) is 0. The summed E-state index contributed by atoms with van der Waals surface area (Å²) in [5.41, 5.74) is 19.5. The van der Waals surface area contributed by atoms with Crippen LogP contribution in [0.15, 0.2) is 20.6 Å². The Labute approximate surface area is 56.6 Å². The molecule has 0 saturated carbocycles. The zero-order valence-corrected chi connectivity index (χ0v) is 5.10. The second-order valence-corrected chi connectivity index (χ2v) is 1.23. The van der Waals surface area contributed by atoms with Gasteiger partial charge in [-0.2, -0.15) is 0 Å². The third-order valence-electron chi connectivity index (χ3n) is 0.360. The molecule has 0 aliphatic rings. The molecule has 0 amide bonds. The Balaban J connectivity index is 3.80. The van der Waals surface area contributed by atoms with Crippen molar-refractivity contribution in [1.82, 2.24) is 0 Å². The van der Waals surface area contributed by atoms with Crippen LogP contribution in [0.4, 0.5) is 0 Å². The normalized spacial score (nSPS) is 9.20. The van der Waals surface area contributed by atoms with Crippen molar-refractivity contribution in [3.63, 3.8) is 0 Å². The summed E-state index contributed by atoms with van der Waals surface area (Å²) in [5, 5.41) is 12.3. The van der Waals surface area contributed by atoms with Crippen LogP contribution in [0.1, 0.15) is 0 Å². The van der Waals surface area contributed by atoms with Gasteiger partial charge in [-0.15, -0.1) is 0 Å². The molecule has 8 heteroatoms. The van der Waals surface area contributed by atoms with Crippen LogP contribution in [-0.4, -0.2) is 11.9 Å². The van der Waals surface area contributed by atoms with Gasteiger partial charge in [0.1, 0.15) is 0 Å². The first-order valence-corrected chi connectivity index (χ1v) is 2.20. The predicted molar refractivity (Wildman–Crippen MR) is 36.5 cm³/mol. The molecule has 0 heterocycles. The molecule has 0 fully saturated rings. The Kier molecular flexibility index (Phi) is 3.31. The molecule has 8 N–H and O–H groups in total. The average Bonchev–Trinajstić information content (AvgIpc) is 1.79. The van der Waals surface area contributed by atoms with Gasteiger partial charge in [0.15, 0.2) is 0 Å². The van der Waals surface area contributed by atoms with Crippen LogP contribution in [0.25, 0.3) is 0 Å². The van der Waals surface area contributed by atoms with Crippen molar-refractivity contribution in [1.29, 1.82) is 0 Å². The van der Waals surface area contributed by atoms with E-state index in [0.29, 0.717) is 0 Å². The fourth-order valence-corrected chi connectivity index (χ4v) is 0.143. The van der Waals surface area contributed by atoms with E-state index >= 15 is 0 Å². The van der Waals surface area contributed by atoms with E-state index in [9.17, 15) is 0 Å². The molecule has 0 aromatic rings. The highest BCUT2D eigenvalue weighted by atomic mass is 15.5. The van der Waals surface area contributed by atoms with Crippen LogP contribution in [0.3, 0.4) is 0 Å². The summed E-state index contributed by atoms with van der Waals surface area (Å²) >= 11 is 0. The zero-order valence-electron chi connectivity index (χ0n) is 5.10. The van der Waals surface area contributed by atoms with Crippen molar-refractivity contribution in [3.05, 3.63) is 0 Å². The minimum atomic E-state index is -0.213. The summed E-state index contributed by atoms with van der Waals surface area (Å²) in [5.74, 6) is -0.427. The molecule has 0 spiro atoms. The fourth-order valence-electron chi connectivity index (χ4n) is 0.143. The van der Waals surface area contributed by atoms with Gasteiger partial charge in [-0.25, -0.2) is 0 Å². The van der Waals surface area contributed by atoms with Crippen LogP contribution < -0.4 is 22.9 Å². The lowest BCUT2D eigenvalue weighted by Crippen LogP contribution is -2.22. The SMILES string of the molecule is NC(N)=NN=NN=C(N)N. The topological polar surface area (TPSA) is 154 Å². The molecule has 0 aromatic heterocycles. The molecule has 0 aliphatic carbocycles. The number of guanidine groups is 2. The average molecular weight is 144 g/mol. The molecular formula is C2H8N8. The molecule has 0 rings (SSSR count). The minimum Gasteiger partial charge on any atom is -0.368 e. The van der Waals surface area contributed by atoms with E-state index in [1.54, 1.807) is 0 Å². The van der Waals surface area contributed by atoms with Crippen LogP contribution in [0, 0.1) is 0 Å². The molecule has 0 aromatic carbocycles. The molecule has 0 radical (unpaired) electrons. The molecule has 0 atom stereocenters. The monoisotopic (exact) mass is 144 g/mol. The molecule has 56 valence electrons. The highest BCUT2D eigenvalue weighted by Gasteiger charge is 1.74. The highest BCUT2D eigenvalue weighted by molar-refractivity contribution is 5.75. The van der Waals surface area contributed by atoms with Gasteiger partial charge in [-0.05, 0) is 10.4 Å². The zero-order chi connectivity index (χ0) is 7.98. The van der Waals surface area contributed by atoms with E-state index in [0.717, 1.165) is 0 Å². The van der Waals surface area contributed by atoms with E-state index in [-0.39, 0.29) is 11.9 Å². The first-order chi connectivity index (χ1) is 4.63. The Morgan fingerprint density at radius 3 is 1.20 bits per heavy atom. The Morgan fingerprint density at radius 2 is 1.00 bits per heavy atom. The molecular weight excluding hydrogens is 136 g/mol. The second kappa shape index (κ2) is 4.06. The van der Waals surface area contributed by atoms with Gasteiger partial charge in [-0.3, -0.25) is 0 Å². The van der Waals surface area contributed by atoms with Gasteiger partial charge in [-0.1, -0.05) is 10.2 Å². The Bertz CT molecular complexity index is 148. The minimum absolute atomic E-state index is 0.213. The van der Waals surface area contributed by atoms with E-state index in [4.69, 9.17) is 22.9 Å². The van der Waals surface area contributed by atoms with E-state index in [1.807, 2.05) is 0 Å². The van der Waals surface area contributed by atoms with Gasteiger partial charge in [0.05, 0.1) is 0 Å². The summed E-state index contributed by atoms with van der Waals surface area (Å²) in [6.07, 6.45) is 0. The lowest BCUT2D eigenvalue weighted by Gasteiger charge is -1.81. The number of hydrogen-bond acceptors (Lipinski definition) is 2. The number of hydrogen-bond donors (Lipinski definition) is 4. The van der Waals surface area contributed by atoms with Crippen molar-refractivity contribution in [2.45, 2.75) is 0 Å².